The van der Waals surface area contributed by atoms with Crippen molar-refractivity contribution in [2.45, 2.75) is 26.8 Å². The van der Waals surface area contributed by atoms with Crippen molar-refractivity contribution in [3.8, 4) is 5.75 Å². The van der Waals surface area contributed by atoms with Crippen LogP contribution in [0.5, 0.6) is 5.75 Å². The van der Waals surface area contributed by atoms with E-state index >= 15 is 0 Å². The van der Waals surface area contributed by atoms with Crippen molar-refractivity contribution in [2.24, 2.45) is 10.9 Å². The Morgan fingerprint density at radius 3 is 2.78 bits per heavy atom. The summed E-state index contributed by atoms with van der Waals surface area (Å²) in [4.78, 5) is 4.70. The lowest BCUT2D eigenvalue weighted by atomic mass is 10.1. The standard InChI is InChI=1S/C14H20N2OS/c1-9(2)13-8-18-14(16-13)15-12-6-5-11(17-4)7-10(12)3/h5-7,9,13H,8H2,1-4H3,(H,15,16). The molecular formula is C14H20N2OS. The molecule has 4 heteroatoms. The van der Waals surface area contributed by atoms with Gasteiger partial charge in [-0.25, -0.2) is 0 Å². The number of hydrogen-bond acceptors (Lipinski definition) is 4. The minimum absolute atomic E-state index is 0.441. The second kappa shape index (κ2) is 5.65. The van der Waals surface area contributed by atoms with Crippen molar-refractivity contribution in [1.82, 2.24) is 0 Å². The van der Waals surface area contributed by atoms with E-state index in [9.17, 15) is 0 Å². The number of methoxy groups -OCH3 is 1. The van der Waals surface area contributed by atoms with E-state index in [1.165, 1.54) is 5.56 Å². The normalized spacial score (nSPS) is 18.9. The van der Waals surface area contributed by atoms with E-state index in [4.69, 9.17) is 9.73 Å². The molecule has 0 saturated heterocycles. The Hall–Kier alpha value is -1.16. The van der Waals surface area contributed by atoms with Gasteiger partial charge in [-0.3, -0.25) is 4.99 Å². The molecule has 0 bridgehead atoms. The van der Waals surface area contributed by atoms with Crippen molar-refractivity contribution < 1.29 is 4.74 Å². The first-order chi connectivity index (χ1) is 8.60. The Bertz CT molecular complexity index is 457. The fraction of sp³-hybridized carbons (Fsp3) is 0.500. The molecule has 0 fully saturated rings. The second-order valence-corrected chi connectivity index (χ2v) is 5.87. The largest absolute Gasteiger partial charge is 0.497 e. The van der Waals surface area contributed by atoms with Crippen LogP contribution in [0, 0.1) is 12.8 Å². The van der Waals surface area contributed by atoms with Crippen LogP contribution in [0.25, 0.3) is 0 Å². The number of nitrogens with zero attached hydrogens (tertiary/aromatic N) is 1. The van der Waals surface area contributed by atoms with Gasteiger partial charge in [-0.05, 0) is 36.6 Å². The summed E-state index contributed by atoms with van der Waals surface area (Å²) >= 11 is 1.80. The molecular weight excluding hydrogens is 244 g/mol. The Labute approximate surface area is 113 Å². The number of ether oxygens (including phenoxy) is 1. The van der Waals surface area contributed by atoms with Crippen LogP contribution in [0.4, 0.5) is 5.69 Å². The minimum atomic E-state index is 0.441. The molecule has 0 aliphatic carbocycles. The van der Waals surface area contributed by atoms with Gasteiger partial charge in [-0.15, -0.1) is 0 Å². The predicted octanol–water partition coefficient (Wildman–Crippen LogP) is 3.54. The van der Waals surface area contributed by atoms with E-state index in [0.29, 0.717) is 12.0 Å². The molecule has 1 unspecified atom stereocenters. The quantitative estimate of drug-likeness (QED) is 0.906. The van der Waals surface area contributed by atoms with Gasteiger partial charge in [0.2, 0.25) is 0 Å². The number of rotatable bonds is 3. The number of nitrogens with one attached hydrogen (secondary N) is 1. The first-order valence-electron chi connectivity index (χ1n) is 6.22. The number of aryl methyl sites for hydroxylation is 1. The highest BCUT2D eigenvalue weighted by molar-refractivity contribution is 8.14. The lowest BCUT2D eigenvalue weighted by Gasteiger charge is -2.10. The van der Waals surface area contributed by atoms with Crippen molar-refractivity contribution in [2.75, 3.05) is 18.2 Å². The molecule has 3 nitrogen and oxygen atoms in total. The van der Waals surface area contributed by atoms with Gasteiger partial charge in [0.25, 0.3) is 0 Å². The zero-order chi connectivity index (χ0) is 13.1. The second-order valence-electron chi connectivity index (χ2n) is 4.86. The SMILES string of the molecule is COc1ccc(NC2=NC(C(C)C)CS2)c(C)c1. The molecule has 0 amide bonds. The summed E-state index contributed by atoms with van der Waals surface area (Å²) in [5.74, 6) is 2.57. The van der Waals surface area contributed by atoms with Gasteiger partial charge in [0, 0.05) is 11.4 Å². The number of benzene rings is 1. The third-order valence-corrected chi connectivity index (χ3v) is 4.11. The maximum Gasteiger partial charge on any atom is 0.161 e. The third-order valence-electron chi connectivity index (χ3n) is 3.12. The van der Waals surface area contributed by atoms with E-state index in [0.717, 1.165) is 22.4 Å². The van der Waals surface area contributed by atoms with Crippen LogP contribution < -0.4 is 10.1 Å². The average Bonchev–Trinajstić information content (AvgIpc) is 2.80. The van der Waals surface area contributed by atoms with E-state index in [-0.39, 0.29) is 0 Å². The maximum atomic E-state index is 5.21. The van der Waals surface area contributed by atoms with Gasteiger partial charge in [-0.1, -0.05) is 25.6 Å². The number of anilines is 1. The number of aliphatic imine (C=N–C) groups is 1. The Kier molecular flexibility index (Phi) is 4.17. The van der Waals surface area contributed by atoms with Crippen LogP contribution in [0.1, 0.15) is 19.4 Å². The number of amidine groups is 1. The summed E-state index contributed by atoms with van der Waals surface area (Å²) in [6.45, 7) is 6.51. The highest BCUT2D eigenvalue weighted by atomic mass is 32.2. The van der Waals surface area contributed by atoms with Gasteiger partial charge in [0.05, 0.1) is 13.2 Å². The molecule has 0 saturated carbocycles. The Morgan fingerprint density at radius 1 is 1.44 bits per heavy atom. The molecule has 0 aromatic heterocycles. The minimum Gasteiger partial charge on any atom is -0.497 e. The van der Waals surface area contributed by atoms with Gasteiger partial charge in [0.15, 0.2) is 5.17 Å². The molecule has 1 aliphatic heterocycles. The van der Waals surface area contributed by atoms with Crippen LogP contribution in [-0.4, -0.2) is 24.1 Å². The Balaban J connectivity index is 2.08. The molecule has 1 aliphatic rings. The average molecular weight is 264 g/mol. The molecule has 98 valence electrons. The first-order valence-corrected chi connectivity index (χ1v) is 7.21. The maximum absolute atomic E-state index is 5.21. The van der Waals surface area contributed by atoms with Gasteiger partial charge in [0.1, 0.15) is 5.75 Å². The van der Waals surface area contributed by atoms with Crippen molar-refractivity contribution >= 4 is 22.6 Å². The first kappa shape index (κ1) is 13.3. The molecule has 0 spiro atoms. The van der Waals surface area contributed by atoms with E-state index in [1.807, 2.05) is 18.2 Å². The van der Waals surface area contributed by atoms with Gasteiger partial charge in [-0.2, -0.15) is 0 Å². The van der Waals surface area contributed by atoms with Crippen LogP contribution >= 0.6 is 11.8 Å². The molecule has 0 radical (unpaired) electrons. The summed E-state index contributed by atoms with van der Waals surface area (Å²) < 4.78 is 5.21. The summed E-state index contributed by atoms with van der Waals surface area (Å²) in [7, 11) is 1.69. The van der Waals surface area contributed by atoms with Crippen LogP contribution in [0.2, 0.25) is 0 Å². The fourth-order valence-corrected chi connectivity index (χ4v) is 3.00. The summed E-state index contributed by atoms with van der Waals surface area (Å²) in [5.41, 5.74) is 2.28. The smallest absolute Gasteiger partial charge is 0.161 e. The highest BCUT2D eigenvalue weighted by Crippen LogP contribution is 2.27. The van der Waals surface area contributed by atoms with E-state index in [1.54, 1.807) is 18.9 Å². The fourth-order valence-electron chi connectivity index (χ4n) is 1.82. The summed E-state index contributed by atoms with van der Waals surface area (Å²) in [6, 6.07) is 6.48. The molecule has 18 heavy (non-hydrogen) atoms. The molecule has 1 atom stereocenters. The molecule has 1 heterocycles. The summed E-state index contributed by atoms with van der Waals surface area (Å²) in [6.07, 6.45) is 0. The van der Waals surface area contributed by atoms with Crippen molar-refractivity contribution in [3.63, 3.8) is 0 Å². The zero-order valence-electron chi connectivity index (χ0n) is 11.4. The summed E-state index contributed by atoms with van der Waals surface area (Å²) in [5, 5.41) is 4.43. The monoisotopic (exact) mass is 264 g/mol. The topological polar surface area (TPSA) is 33.6 Å². The number of hydrogen-bond donors (Lipinski definition) is 1. The molecule has 1 N–H and O–H groups in total. The van der Waals surface area contributed by atoms with Gasteiger partial charge < -0.3 is 10.1 Å². The molecule has 2 rings (SSSR count). The van der Waals surface area contributed by atoms with Crippen LogP contribution in [0.15, 0.2) is 23.2 Å². The van der Waals surface area contributed by atoms with Crippen LogP contribution in [0.3, 0.4) is 0 Å². The molecule has 1 aromatic rings. The van der Waals surface area contributed by atoms with E-state index < -0.39 is 0 Å². The van der Waals surface area contributed by atoms with Gasteiger partial charge >= 0.3 is 0 Å². The lowest BCUT2D eigenvalue weighted by Crippen LogP contribution is -2.12. The van der Waals surface area contributed by atoms with Crippen LogP contribution in [-0.2, 0) is 0 Å². The number of thioether (sulfide) groups is 1. The predicted molar refractivity (Wildman–Crippen MR) is 79.9 cm³/mol. The lowest BCUT2D eigenvalue weighted by molar-refractivity contribution is 0.414. The van der Waals surface area contributed by atoms with Crippen molar-refractivity contribution in [3.05, 3.63) is 23.8 Å². The zero-order valence-corrected chi connectivity index (χ0v) is 12.2. The van der Waals surface area contributed by atoms with E-state index in [2.05, 4.69) is 26.1 Å². The van der Waals surface area contributed by atoms with Crippen molar-refractivity contribution in [1.29, 1.82) is 0 Å². The molecule has 1 aromatic carbocycles. The highest BCUT2D eigenvalue weighted by Gasteiger charge is 2.21. The Morgan fingerprint density at radius 2 is 2.22 bits per heavy atom. The third kappa shape index (κ3) is 2.99.